The fourth-order valence-corrected chi connectivity index (χ4v) is 5.49. The summed E-state index contributed by atoms with van der Waals surface area (Å²) in [5.41, 5.74) is 2.92. The molecule has 0 saturated heterocycles. The first-order valence-electron chi connectivity index (χ1n) is 13.0. The topological polar surface area (TPSA) is 86.8 Å². The highest BCUT2D eigenvalue weighted by atomic mass is 35.5. The maximum Gasteiger partial charge on any atom is 0.244 e. The zero-order valence-corrected chi connectivity index (χ0v) is 25.4. The number of carbonyl (C=O) groups excluding carboxylic acids is 2. The van der Waals surface area contributed by atoms with Gasteiger partial charge in [-0.25, -0.2) is 8.42 Å². The van der Waals surface area contributed by atoms with Gasteiger partial charge >= 0.3 is 0 Å². The average Bonchev–Trinajstić information content (AvgIpc) is 2.91. The third kappa shape index (κ3) is 8.46. The van der Waals surface area contributed by atoms with Crippen LogP contribution in [0.25, 0.3) is 0 Å². The molecular weight excluding hydrogens is 569 g/mol. The van der Waals surface area contributed by atoms with Crippen LogP contribution in [0.15, 0.2) is 72.8 Å². The Morgan fingerprint density at radius 1 is 0.900 bits per heavy atom. The van der Waals surface area contributed by atoms with Crippen LogP contribution in [0.4, 0.5) is 5.69 Å². The van der Waals surface area contributed by atoms with E-state index < -0.39 is 28.5 Å². The Morgan fingerprint density at radius 3 is 2.10 bits per heavy atom. The Bertz CT molecular complexity index is 1410. The SMILES string of the molecule is CCNC(=O)C(Cc1ccccc1)N(Cc1ccc(Cl)c(Cl)c1)C(=O)CN(c1ccc(C(C)C)cc1)S(C)(=O)=O. The van der Waals surface area contributed by atoms with Crippen LogP contribution in [0.1, 0.15) is 43.4 Å². The molecule has 3 rings (SSSR count). The Kier molecular flexibility index (Phi) is 11.0. The summed E-state index contributed by atoms with van der Waals surface area (Å²) in [6.07, 6.45) is 1.30. The molecule has 0 spiro atoms. The lowest BCUT2D eigenvalue weighted by Crippen LogP contribution is -2.53. The van der Waals surface area contributed by atoms with Gasteiger partial charge in [0.15, 0.2) is 0 Å². The van der Waals surface area contributed by atoms with Crippen LogP contribution in [-0.4, -0.2) is 50.5 Å². The molecule has 214 valence electrons. The van der Waals surface area contributed by atoms with Gasteiger partial charge < -0.3 is 10.2 Å². The molecule has 0 fully saturated rings. The van der Waals surface area contributed by atoms with Crippen LogP contribution in [0, 0.1) is 0 Å². The van der Waals surface area contributed by atoms with Gasteiger partial charge in [-0.15, -0.1) is 0 Å². The van der Waals surface area contributed by atoms with Crippen molar-refractivity contribution in [2.45, 2.75) is 45.7 Å². The Balaban J connectivity index is 2.04. The first-order chi connectivity index (χ1) is 18.9. The number of carbonyl (C=O) groups is 2. The monoisotopic (exact) mass is 603 g/mol. The van der Waals surface area contributed by atoms with Crippen LogP contribution >= 0.6 is 23.2 Å². The van der Waals surface area contributed by atoms with E-state index in [0.717, 1.165) is 21.7 Å². The van der Waals surface area contributed by atoms with E-state index in [1.807, 2.05) is 56.3 Å². The number of amides is 2. The van der Waals surface area contributed by atoms with Crippen LogP contribution < -0.4 is 9.62 Å². The number of nitrogens with zero attached hydrogens (tertiary/aromatic N) is 2. The van der Waals surface area contributed by atoms with E-state index in [9.17, 15) is 18.0 Å². The zero-order valence-electron chi connectivity index (χ0n) is 23.1. The molecule has 0 aliphatic heterocycles. The lowest BCUT2D eigenvalue weighted by atomic mass is 10.0. The van der Waals surface area contributed by atoms with E-state index in [-0.39, 0.29) is 24.8 Å². The normalized spacial score (nSPS) is 12.2. The molecule has 7 nitrogen and oxygen atoms in total. The van der Waals surface area contributed by atoms with Crippen molar-refractivity contribution < 1.29 is 18.0 Å². The first kappa shape index (κ1) is 31.5. The number of hydrogen-bond acceptors (Lipinski definition) is 4. The molecule has 0 aliphatic carbocycles. The van der Waals surface area contributed by atoms with Crippen molar-refractivity contribution in [3.8, 4) is 0 Å². The number of likely N-dealkylation sites (N-methyl/N-ethyl adjacent to an activating group) is 1. The molecule has 10 heteroatoms. The third-order valence-corrected chi connectivity index (χ3v) is 8.37. The van der Waals surface area contributed by atoms with Crippen molar-refractivity contribution in [1.29, 1.82) is 0 Å². The molecule has 3 aromatic rings. The first-order valence-corrected chi connectivity index (χ1v) is 15.6. The van der Waals surface area contributed by atoms with Crippen molar-refractivity contribution in [1.82, 2.24) is 10.2 Å². The maximum atomic E-state index is 14.0. The van der Waals surface area contributed by atoms with E-state index in [4.69, 9.17) is 23.2 Å². The highest BCUT2D eigenvalue weighted by molar-refractivity contribution is 7.92. The Hall–Kier alpha value is -3.07. The number of sulfonamides is 1. The molecule has 2 amide bonds. The van der Waals surface area contributed by atoms with Crippen molar-refractivity contribution in [3.05, 3.63) is 99.5 Å². The highest BCUT2D eigenvalue weighted by Gasteiger charge is 2.33. The Labute approximate surface area is 247 Å². The number of anilines is 1. The average molecular weight is 605 g/mol. The van der Waals surface area contributed by atoms with Crippen molar-refractivity contribution >= 4 is 50.7 Å². The van der Waals surface area contributed by atoms with Crippen molar-refractivity contribution in [2.75, 3.05) is 23.7 Å². The molecule has 0 aliphatic rings. The number of rotatable bonds is 12. The molecule has 40 heavy (non-hydrogen) atoms. The quantitative estimate of drug-likeness (QED) is 0.289. The smallest absolute Gasteiger partial charge is 0.244 e. The molecule has 0 aromatic heterocycles. The second-order valence-corrected chi connectivity index (χ2v) is 12.6. The molecule has 0 heterocycles. The molecule has 1 N–H and O–H groups in total. The molecule has 0 saturated carbocycles. The minimum absolute atomic E-state index is 0.0221. The predicted octanol–water partition coefficient (Wildman–Crippen LogP) is 5.66. The van der Waals surface area contributed by atoms with Gasteiger partial charge in [-0.2, -0.15) is 0 Å². The van der Waals surface area contributed by atoms with E-state index >= 15 is 0 Å². The van der Waals surface area contributed by atoms with Crippen molar-refractivity contribution in [2.24, 2.45) is 0 Å². The van der Waals surface area contributed by atoms with Gasteiger partial charge in [0.05, 0.1) is 22.0 Å². The van der Waals surface area contributed by atoms with Gasteiger partial charge in [-0.3, -0.25) is 13.9 Å². The summed E-state index contributed by atoms with van der Waals surface area (Å²) in [4.78, 5) is 28.8. The fraction of sp³-hybridized carbons (Fsp3) is 0.333. The van der Waals surface area contributed by atoms with Gasteiger partial charge in [0.2, 0.25) is 21.8 Å². The zero-order chi connectivity index (χ0) is 29.4. The van der Waals surface area contributed by atoms with Gasteiger partial charge in [0.1, 0.15) is 12.6 Å². The lowest BCUT2D eigenvalue weighted by molar-refractivity contribution is -0.140. The van der Waals surface area contributed by atoms with Crippen LogP contribution in [0.5, 0.6) is 0 Å². The molecule has 0 bridgehead atoms. The molecule has 1 atom stereocenters. The number of halogens is 2. The van der Waals surface area contributed by atoms with Gasteiger partial charge in [-0.1, -0.05) is 85.6 Å². The van der Waals surface area contributed by atoms with E-state index in [1.165, 1.54) is 4.90 Å². The summed E-state index contributed by atoms with van der Waals surface area (Å²) >= 11 is 12.4. The number of hydrogen-bond donors (Lipinski definition) is 1. The van der Waals surface area contributed by atoms with Gasteiger partial charge in [0, 0.05) is 19.5 Å². The largest absolute Gasteiger partial charge is 0.355 e. The summed E-state index contributed by atoms with van der Waals surface area (Å²) < 4.78 is 26.8. The minimum Gasteiger partial charge on any atom is -0.355 e. The maximum absolute atomic E-state index is 14.0. The molecule has 1 unspecified atom stereocenters. The second-order valence-electron chi connectivity index (χ2n) is 9.89. The summed E-state index contributed by atoms with van der Waals surface area (Å²) in [6, 6.07) is 20.5. The predicted molar refractivity (Wildman–Crippen MR) is 162 cm³/mol. The minimum atomic E-state index is -3.83. The van der Waals surface area contributed by atoms with Crippen LogP contribution in [0.3, 0.4) is 0 Å². The summed E-state index contributed by atoms with van der Waals surface area (Å²) in [5, 5.41) is 3.50. The van der Waals surface area contributed by atoms with Crippen LogP contribution in [0.2, 0.25) is 10.0 Å². The van der Waals surface area contributed by atoms with E-state index in [0.29, 0.717) is 27.8 Å². The summed E-state index contributed by atoms with van der Waals surface area (Å²) in [6.45, 7) is 5.80. The van der Waals surface area contributed by atoms with E-state index in [2.05, 4.69) is 5.32 Å². The molecule has 3 aromatic carbocycles. The highest BCUT2D eigenvalue weighted by Crippen LogP contribution is 2.26. The molecular formula is C30H35Cl2N3O4S. The van der Waals surface area contributed by atoms with E-state index in [1.54, 1.807) is 37.3 Å². The third-order valence-electron chi connectivity index (χ3n) is 6.49. The van der Waals surface area contributed by atoms with Gasteiger partial charge in [-0.05, 0) is 53.8 Å². The van der Waals surface area contributed by atoms with Crippen molar-refractivity contribution in [3.63, 3.8) is 0 Å². The lowest BCUT2D eigenvalue weighted by Gasteiger charge is -2.33. The fourth-order valence-electron chi connectivity index (χ4n) is 4.32. The van der Waals surface area contributed by atoms with Crippen LogP contribution in [-0.2, 0) is 32.6 Å². The number of benzene rings is 3. The standard InChI is InChI=1S/C30H35Cl2N3O4S/c1-5-33-30(37)28(18-22-9-7-6-8-10-22)34(19-23-11-16-26(31)27(32)17-23)29(36)20-35(40(4,38)39)25-14-12-24(13-15-25)21(2)3/h6-17,21,28H,5,18-20H2,1-4H3,(H,33,37). The molecule has 0 radical (unpaired) electrons. The number of nitrogens with one attached hydrogen (secondary N) is 1. The Morgan fingerprint density at radius 2 is 1.55 bits per heavy atom. The van der Waals surface area contributed by atoms with Gasteiger partial charge in [0.25, 0.3) is 0 Å². The summed E-state index contributed by atoms with van der Waals surface area (Å²) in [7, 11) is -3.83. The summed E-state index contributed by atoms with van der Waals surface area (Å²) in [5.74, 6) is -0.608. The second kappa shape index (κ2) is 14.0.